The number of anilines is 1. The van der Waals surface area contributed by atoms with E-state index in [9.17, 15) is 0 Å². The molecule has 0 radical (unpaired) electrons. The second kappa shape index (κ2) is 8.61. The van der Waals surface area contributed by atoms with Crippen molar-refractivity contribution in [2.45, 2.75) is 13.0 Å². The summed E-state index contributed by atoms with van der Waals surface area (Å²) in [6.07, 6.45) is 0.691. The van der Waals surface area contributed by atoms with Crippen molar-refractivity contribution in [1.82, 2.24) is 9.97 Å². The van der Waals surface area contributed by atoms with Gasteiger partial charge in [0, 0.05) is 18.4 Å². The number of fused-ring (bicyclic) bond motifs is 1. The molecule has 0 amide bonds. The number of nitrogens with one attached hydrogen (secondary N) is 1. The molecule has 0 aliphatic carbocycles. The van der Waals surface area contributed by atoms with Crippen LogP contribution in [0.1, 0.15) is 17.0 Å². The zero-order valence-electron chi connectivity index (χ0n) is 16.6. The molecule has 5 nitrogen and oxygen atoms in total. The number of aromatic nitrogens is 2. The van der Waals surface area contributed by atoms with Gasteiger partial charge < -0.3 is 14.8 Å². The molecule has 0 aliphatic rings. The Bertz CT molecular complexity index is 1110. The van der Waals surface area contributed by atoms with E-state index in [0.29, 0.717) is 24.5 Å². The van der Waals surface area contributed by atoms with Crippen LogP contribution in [0.2, 0.25) is 0 Å². The Hall–Kier alpha value is -3.60. The molecule has 0 atom stereocenters. The van der Waals surface area contributed by atoms with Gasteiger partial charge in [-0.25, -0.2) is 9.97 Å². The highest BCUT2D eigenvalue weighted by Gasteiger charge is 2.09. The Morgan fingerprint density at radius 1 is 0.759 bits per heavy atom. The Morgan fingerprint density at radius 2 is 1.52 bits per heavy atom. The molecule has 146 valence electrons. The van der Waals surface area contributed by atoms with Crippen LogP contribution in [0.25, 0.3) is 10.9 Å². The molecule has 0 bridgehead atoms. The average Bonchev–Trinajstić information content (AvgIpc) is 2.78. The lowest BCUT2D eigenvalue weighted by Gasteiger charge is -2.13. The van der Waals surface area contributed by atoms with Crippen LogP contribution in [-0.2, 0) is 13.0 Å². The Kier molecular flexibility index (Phi) is 5.56. The van der Waals surface area contributed by atoms with E-state index in [-0.39, 0.29) is 0 Å². The standard InChI is InChI=1S/C24H23N3O2/c1-28-21-13-12-18(14-22(21)29-2)16-25-24-19-10-6-7-11-20(19)26-23(27-24)15-17-8-4-3-5-9-17/h3-14H,15-16H2,1-2H3,(H,25,26,27). The monoisotopic (exact) mass is 385 g/mol. The first-order chi connectivity index (χ1) is 14.3. The quantitative estimate of drug-likeness (QED) is 0.493. The van der Waals surface area contributed by atoms with Crippen molar-refractivity contribution in [1.29, 1.82) is 0 Å². The van der Waals surface area contributed by atoms with Crippen molar-refractivity contribution in [3.63, 3.8) is 0 Å². The number of nitrogens with zero attached hydrogens (tertiary/aromatic N) is 2. The van der Waals surface area contributed by atoms with Crippen LogP contribution in [0.15, 0.2) is 72.8 Å². The third kappa shape index (κ3) is 4.29. The van der Waals surface area contributed by atoms with Crippen molar-refractivity contribution in [3.8, 4) is 11.5 Å². The molecule has 0 aliphatic heterocycles. The molecule has 1 N–H and O–H groups in total. The van der Waals surface area contributed by atoms with Crippen molar-refractivity contribution in [3.05, 3.63) is 89.7 Å². The summed E-state index contributed by atoms with van der Waals surface area (Å²) < 4.78 is 10.7. The predicted octanol–water partition coefficient (Wildman–Crippen LogP) is 4.85. The number of hydrogen-bond acceptors (Lipinski definition) is 5. The van der Waals surface area contributed by atoms with E-state index in [1.165, 1.54) is 5.56 Å². The lowest BCUT2D eigenvalue weighted by molar-refractivity contribution is 0.354. The molecule has 1 heterocycles. The second-order valence-corrected chi connectivity index (χ2v) is 6.71. The molecule has 4 rings (SSSR count). The van der Waals surface area contributed by atoms with Crippen LogP contribution in [0.5, 0.6) is 11.5 Å². The number of para-hydroxylation sites is 1. The van der Waals surface area contributed by atoms with Crippen molar-refractivity contribution >= 4 is 16.7 Å². The van der Waals surface area contributed by atoms with Crippen LogP contribution < -0.4 is 14.8 Å². The molecule has 0 spiro atoms. The summed E-state index contributed by atoms with van der Waals surface area (Å²) in [7, 11) is 3.28. The van der Waals surface area contributed by atoms with E-state index in [4.69, 9.17) is 19.4 Å². The van der Waals surface area contributed by atoms with Gasteiger partial charge in [0.25, 0.3) is 0 Å². The van der Waals surface area contributed by atoms with E-state index in [0.717, 1.165) is 28.1 Å². The van der Waals surface area contributed by atoms with E-state index in [1.807, 2.05) is 60.7 Å². The first-order valence-electron chi connectivity index (χ1n) is 9.51. The number of hydrogen-bond donors (Lipinski definition) is 1. The zero-order valence-corrected chi connectivity index (χ0v) is 16.6. The Labute approximate surface area is 170 Å². The Morgan fingerprint density at radius 3 is 2.31 bits per heavy atom. The van der Waals surface area contributed by atoms with Crippen LogP contribution in [-0.4, -0.2) is 24.2 Å². The lowest BCUT2D eigenvalue weighted by Crippen LogP contribution is -2.06. The van der Waals surface area contributed by atoms with Crippen LogP contribution >= 0.6 is 0 Å². The molecule has 4 aromatic rings. The average molecular weight is 385 g/mol. The van der Waals surface area contributed by atoms with Crippen molar-refractivity contribution in [2.24, 2.45) is 0 Å². The summed E-state index contributed by atoms with van der Waals surface area (Å²) in [4.78, 5) is 9.56. The molecule has 1 aromatic heterocycles. The lowest BCUT2D eigenvalue weighted by atomic mass is 10.1. The second-order valence-electron chi connectivity index (χ2n) is 6.71. The van der Waals surface area contributed by atoms with Gasteiger partial charge in [-0.3, -0.25) is 0 Å². The third-order valence-corrected chi connectivity index (χ3v) is 4.76. The summed E-state index contributed by atoms with van der Waals surface area (Å²) >= 11 is 0. The fourth-order valence-electron chi connectivity index (χ4n) is 3.29. The van der Waals surface area contributed by atoms with Crippen LogP contribution in [0.3, 0.4) is 0 Å². The highest BCUT2D eigenvalue weighted by molar-refractivity contribution is 5.89. The van der Waals surface area contributed by atoms with Gasteiger partial charge in [0.15, 0.2) is 11.5 Å². The smallest absolute Gasteiger partial charge is 0.161 e. The molecule has 0 saturated heterocycles. The maximum absolute atomic E-state index is 5.41. The maximum atomic E-state index is 5.41. The summed E-state index contributed by atoms with van der Waals surface area (Å²) in [5.41, 5.74) is 3.20. The molecule has 3 aromatic carbocycles. The number of methoxy groups -OCH3 is 2. The van der Waals surface area contributed by atoms with Gasteiger partial charge in [-0.05, 0) is 35.4 Å². The summed E-state index contributed by atoms with van der Waals surface area (Å²) in [6, 6.07) is 24.2. The molecular formula is C24H23N3O2. The number of rotatable bonds is 7. The van der Waals surface area contributed by atoms with Gasteiger partial charge >= 0.3 is 0 Å². The SMILES string of the molecule is COc1ccc(CNc2nc(Cc3ccccc3)nc3ccccc23)cc1OC. The predicted molar refractivity (Wildman–Crippen MR) is 116 cm³/mol. The topological polar surface area (TPSA) is 56.3 Å². The van der Waals surface area contributed by atoms with Crippen molar-refractivity contribution in [2.75, 3.05) is 19.5 Å². The van der Waals surface area contributed by atoms with Gasteiger partial charge in [0.1, 0.15) is 11.6 Å². The minimum atomic E-state index is 0.617. The van der Waals surface area contributed by atoms with E-state index in [1.54, 1.807) is 14.2 Å². The number of benzene rings is 3. The fourth-order valence-corrected chi connectivity index (χ4v) is 3.29. The molecule has 0 fully saturated rings. The molecule has 0 saturated carbocycles. The zero-order chi connectivity index (χ0) is 20.1. The van der Waals surface area contributed by atoms with Gasteiger partial charge in [0.2, 0.25) is 0 Å². The van der Waals surface area contributed by atoms with Crippen LogP contribution in [0.4, 0.5) is 5.82 Å². The van der Waals surface area contributed by atoms with Gasteiger partial charge in [-0.1, -0.05) is 48.5 Å². The van der Waals surface area contributed by atoms with Gasteiger partial charge in [-0.15, -0.1) is 0 Å². The Balaban J connectivity index is 1.62. The molecule has 5 heteroatoms. The highest BCUT2D eigenvalue weighted by atomic mass is 16.5. The number of ether oxygens (including phenoxy) is 2. The van der Waals surface area contributed by atoms with E-state index >= 15 is 0 Å². The van der Waals surface area contributed by atoms with E-state index in [2.05, 4.69) is 17.4 Å². The largest absolute Gasteiger partial charge is 0.493 e. The first-order valence-corrected chi connectivity index (χ1v) is 9.51. The minimum absolute atomic E-state index is 0.617. The summed E-state index contributed by atoms with van der Waals surface area (Å²) in [5, 5.41) is 4.48. The molecular weight excluding hydrogens is 362 g/mol. The summed E-state index contributed by atoms with van der Waals surface area (Å²) in [5.74, 6) is 3.05. The maximum Gasteiger partial charge on any atom is 0.161 e. The molecule has 0 unspecified atom stereocenters. The molecule has 29 heavy (non-hydrogen) atoms. The first kappa shape index (κ1) is 18.7. The fraction of sp³-hybridized carbons (Fsp3) is 0.167. The van der Waals surface area contributed by atoms with Gasteiger partial charge in [0.05, 0.1) is 19.7 Å². The summed E-state index contributed by atoms with van der Waals surface area (Å²) in [6.45, 7) is 0.617. The van der Waals surface area contributed by atoms with E-state index < -0.39 is 0 Å². The van der Waals surface area contributed by atoms with Crippen LogP contribution in [0, 0.1) is 0 Å². The van der Waals surface area contributed by atoms with Gasteiger partial charge in [-0.2, -0.15) is 0 Å². The third-order valence-electron chi connectivity index (χ3n) is 4.76. The van der Waals surface area contributed by atoms with Crippen molar-refractivity contribution < 1.29 is 9.47 Å². The minimum Gasteiger partial charge on any atom is -0.493 e. The highest BCUT2D eigenvalue weighted by Crippen LogP contribution is 2.28. The normalized spacial score (nSPS) is 10.7.